The first-order valence-electron chi connectivity index (χ1n) is 6.25. The molecule has 0 aromatic heterocycles. The average Bonchev–Trinajstić information content (AvgIpc) is 2.87. The fourth-order valence-electron chi connectivity index (χ4n) is 2.24. The highest BCUT2D eigenvalue weighted by molar-refractivity contribution is 9.10. The van der Waals surface area contributed by atoms with Crippen LogP contribution in [0.4, 0.5) is 5.69 Å². The molecule has 20 heavy (non-hydrogen) atoms. The average molecular weight is 371 g/mol. The van der Waals surface area contributed by atoms with E-state index in [9.17, 15) is 0 Å². The van der Waals surface area contributed by atoms with Crippen LogP contribution in [-0.4, -0.2) is 6.61 Å². The zero-order valence-electron chi connectivity index (χ0n) is 10.7. The fourth-order valence-corrected chi connectivity index (χ4v) is 3.99. The number of halogens is 2. The molecule has 1 heterocycles. The monoisotopic (exact) mass is 369 g/mol. The van der Waals surface area contributed by atoms with Gasteiger partial charge in [-0.1, -0.05) is 27.5 Å². The summed E-state index contributed by atoms with van der Waals surface area (Å²) in [6.45, 7) is 0.742. The van der Waals surface area contributed by atoms with E-state index < -0.39 is 0 Å². The lowest BCUT2D eigenvalue weighted by atomic mass is 10.1. The van der Waals surface area contributed by atoms with Gasteiger partial charge in [0.25, 0.3) is 0 Å². The van der Waals surface area contributed by atoms with Crippen molar-refractivity contribution in [3.63, 3.8) is 0 Å². The Hall–Kier alpha value is -0.840. The van der Waals surface area contributed by atoms with Crippen molar-refractivity contribution in [1.82, 2.24) is 0 Å². The van der Waals surface area contributed by atoms with E-state index >= 15 is 0 Å². The number of thioether (sulfide) groups is 1. The smallest absolute Gasteiger partial charge is 0.126 e. The minimum Gasteiger partial charge on any atom is -0.493 e. The maximum Gasteiger partial charge on any atom is 0.126 e. The van der Waals surface area contributed by atoms with E-state index in [0.29, 0.717) is 0 Å². The third kappa shape index (κ3) is 2.92. The Balaban J connectivity index is 1.84. The van der Waals surface area contributed by atoms with Crippen molar-refractivity contribution < 1.29 is 4.74 Å². The molecule has 0 atom stereocenters. The van der Waals surface area contributed by atoms with Crippen molar-refractivity contribution in [2.75, 3.05) is 12.3 Å². The Labute approximate surface area is 135 Å². The van der Waals surface area contributed by atoms with Crippen LogP contribution in [0.2, 0.25) is 5.02 Å². The molecule has 0 bridgehead atoms. The predicted molar refractivity (Wildman–Crippen MR) is 88.8 cm³/mol. The van der Waals surface area contributed by atoms with Gasteiger partial charge in [0.1, 0.15) is 5.75 Å². The minimum atomic E-state index is 0.742. The Morgan fingerprint density at radius 3 is 3.00 bits per heavy atom. The number of benzene rings is 2. The summed E-state index contributed by atoms with van der Waals surface area (Å²) in [6.07, 6.45) is 0.937. The summed E-state index contributed by atoms with van der Waals surface area (Å²) >= 11 is 11.3. The number of ether oxygens (including phenoxy) is 1. The quantitative estimate of drug-likeness (QED) is 0.616. The molecule has 0 saturated heterocycles. The third-order valence-corrected chi connectivity index (χ3v) is 5.02. The van der Waals surface area contributed by atoms with Crippen LogP contribution in [0.3, 0.4) is 0 Å². The molecule has 0 saturated carbocycles. The minimum absolute atomic E-state index is 0.742. The van der Waals surface area contributed by atoms with Gasteiger partial charge in [-0.15, -0.1) is 11.8 Å². The van der Waals surface area contributed by atoms with E-state index in [1.807, 2.05) is 30.3 Å². The highest BCUT2D eigenvalue weighted by atomic mass is 79.9. The number of anilines is 1. The van der Waals surface area contributed by atoms with Gasteiger partial charge in [-0.25, -0.2) is 0 Å². The van der Waals surface area contributed by atoms with E-state index in [1.165, 1.54) is 5.56 Å². The first-order chi connectivity index (χ1) is 9.63. The van der Waals surface area contributed by atoms with Gasteiger partial charge < -0.3 is 10.5 Å². The number of fused-ring (bicyclic) bond motifs is 1. The fraction of sp³-hybridized carbons (Fsp3) is 0.200. The molecule has 5 heteroatoms. The Morgan fingerprint density at radius 1 is 1.30 bits per heavy atom. The molecule has 2 aromatic carbocycles. The van der Waals surface area contributed by atoms with Crippen molar-refractivity contribution in [3.05, 3.63) is 51.0 Å². The van der Waals surface area contributed by atoms with E-state index in [0.717, 1.165) is 50.2 Å². The summed E-state index contributed by atoms with van der Waals surface area (Å²) in [5.74, 6) is 1.79. The molecule has 0 aliphatic carbocycles. The van der Waals surface area contributed by atoms with Crippen LogP contribution in [0, 0.1) is 0 Å². The van der Waals surface area contributed by atoms with Crippen molar-refractivity contribution in [2.45, 2.75) is 17.1 Å². The van der Waals surface area contributed by atoms with E-state index in [2.05, 4.69) is 15.9 Å². The van der Waals surface area contributed by atoms with Gasteiger partial charge in [-0.3, -0.25) is 0 Å². The molecule has 1 aliphatic heterocycles. The molecule has 0 spiro atoms. The van der Waals surface area contributed by atoms with Gasteiger partial charge in [-0.05, 0) is 35.9 Å². The number of nitrogen functional groups attached to an aromatic ring is 1. The maximum absolute atomic E-state index is 6.17. The largest absolute Gasteiger partial charge is 0.493 e. The number of hydrogen-bond donors (Lipinski definition) is 1. The highest BCUT2D eigenvalue weighted by Crippen LogP contribution is 2.38. The van der Waals surface area contributed by atoms with E-state index in [4.69, 9.17) is 22.1 Å². The topological polar surface area (TPSA) is 35.2 Å². The lowest BCUT2D eigenvalue weighted by Gasteiger charge is -2.10. The highest BCUT2D eigenvalue weighted by Gasteiger charge is 2.17. The van der Waals surface area contributed by atoms with Gasteiger partial charge in [0, 0.05) is 37.8 Å². The van der Waals surface area contributed by atoms with Gasteiger partial charge in [-0.2, -0.15) is 0 Å². The van der Waals surface area contributed by atoms with E-state index in [1.54, 1.807) is 11.8 Å². The molecule has 3 rings (SSSR count). The summed E-state index contributed by atoms with van der Waals surface area (Å²) in [5, 5.41) is 0.770. The van der Waals surface area contributed by atoms with Crippen LogP contribution in [0.1, 0.15) is 11.1 Å². The zero-order valence-corrected chi connectivity index (χ0v) is 13.8. The van der Waals surface area contributed by atoms with E-state index in [-0.39, 0.29) is 0 Å². The number of nitrogens with two attached hydrogens (primary N) is 1. The predicted octanol–water partition coefficient (Wildman–Crippen LogP) is 4.91. The summed E-state index contributed by atoms with van der Waals surface area (Å²) < 4.78 is 6.74. The molecule has 2 N–H and O–H groups in total. The number of hydrogen-bond acceptors (Lipinski definition) is 3. The molecule has 0 amide bonds. The molecular weight excluding hydrogens is 358 g/mol. The molecule has 0 radical (unpaired) electrons. The second-order valence-corrected chi connectivity index (χ2v) is 6.99. The molecule has 2 aromatic rings. The van der Waals surface area contributed by atoms with Crippen LogP contribution >= 0.6 is 39.3 Å². The second-order valence-electron chi connectivity index (χ2n) is 4.62. The van der Waals surface area contributed by atoms with Crippen molar-refractivity contribution >= 4 is 45.0 Å². The summed E-state index contributed by atoms with van der Waals surface area (Å²) in [6, 6.07) is 9.86. The van der Waals surface area contributed by atoms with Crippen molar-refractivity contribution in [2.24, 2.45) is 0 Å². The van der Waals surface area contributed by atoms with Crippen molar-refractivity contribution in [3.8, 4) is 5.75 Å². The van der Waals surface area contributed by atoms with Crippen LogP contribution in [0.15, 0.2) is 39.7 Å². The zero-order chi connectivity index (χ0) is 14.1. The summed E-state index contributed by atoms with van der Waals surface area (Å²) in [5.41, 5.74) is 9.12. The maximum atomic E-state index is 6.17. The van der Waals surface area contributed by atoms with Gasteiger partial charge in [0.15, 0.2) is 0 Å². The first-order valence-corrected chi connectivity index (χ1v) is 8.41. The summed E-state index contributed by atoms with van der Waals surface area (Å²) in [4.78, 5) is 1.06. The molecule has 1 aliphatic rings. The molecule has 104 valence electrons. The molecule has 0 unspecified atom stereocenters. The Bertz CT molecular complexity index is 663. The lowest BCUT2D eigenvalue weighted by Crippen LogP contribution is -1.92. The van der Waals surface area contributed by atoms with Gasteiger partial charge in [0.2, 0.25) is 0 Å². The van der Waals surface area contributed by atoms with Crippen LogP contribution < -0.4 is 10.5 Å². The van der Waals surface area contributed by atoms with Crippen LogP contribution in [-0.2, 0) is 12.2 Å². The van der Waals surface area contributed by atoms with Gasteiger partial charge in [0.05, 0.1) is 6.61 Å². The molecule has 0 fully saturated rings. The number of rotatable bonds is 3. The van der Waals surface area contributed by atoms with Gasteiger partial charge >= 0.3 is 0 Å². The van der Waals surface area contributed by atoms with Crippen LogP contribution in [0.25, 0.3) is 0 Å². The molecule has 2 nitrogen and oxygen atoms in total. The SMILES string of the molecule is Nc1ccc(Br)cc1SCc1cc(Cl)cc2c1OCC2. The molecular formula is C15H13BrClNOS. The Kier molecular flexibility index (Phi) is 4.15. The first kappa shape index (κ1) is 14.1. The van der Waals surface area contributed by atoms with Crippen LogP contribution in [0.5, 0.6) is 5.75 Å². The lowest BCUT2D eigenvalue weighted by molar-refractivity contribution is 0.354. The normalized spacial score (nSPS) is 13.1. The third-order valence-electron chi connectivity index (χ3n) is 3.18. The summed E-state index contributed by atoms with van der Waals surface area (Å²) in [7, 11) is 0. The standard InChI is InChI=1S/C15H13BrClNOS/c16-11-1-2-13(18)14(7-11)20-8-10-6-12(17)5-9-3-4-19-15(9)10/h1-2,5-7H,3-4,8,18H2. The van der Waals surface area contributed by atoms with Crippen molar-refractivity contribution in [1.29, 1.82) is 0 Å². The second kappa shape index (κ2) is 5.88. The Morgan fingerprint density at radius 2 is 2.15 bits per heavy atom.